The van der Waals surface area contributed by atoms with Crippen LogP contribution >= 0.6 is 50.9 Å². The highest BCUT2D eigenvalue weighted by atomic mass is 79.9. The first-order chi connectivity index (χ1) is 14.7. The Morgan fingerprint density at radius 3 is 2.68 bits per heavy atom. The number of hydrogen-bond acceptors (Lipinski definition) is 6. The minimum absolute atomic E-state index is 0.0453. The van der Waals surface area contributed by atoms with Gasteiger partial charge in [-0.3, -0.25) is 19.3 Å². The van der Waals surface area contributed by atoms with E-state index < -0.39 is 23.6 Å². The van der Waals surface area contributed by atoms with Gasteiger partial charge in [-0.1, -0.05) is 23.2 Å². The highest BCUT2D eigenvalue weighted by Gasteiger charge is 2.36. The molecule has 0 aromatic heterocycles. The van der Waals surface area contributed by atoms with Crippen LogP contribution < -0.4 is 10.1 Å². The maximum absolute atomic E-state index is 12.7. The van der Waals surface area contributed by atoms with Crippen molar-refractivity contribution in [3.63, 3.8) is 0 Å². The fourth-order valence-electron chi connectivity index (χ4n) is 2.65. The van der Waals surface area contributed by atoms with E-state index in [4.69, 9.17) is 27.9 Å². The molecule has 1 saturated heterocycles. The first kappa shape index (κ1) is 23.5. The number of benzene rings is 2. The van der Waals surface area contributed by atoms with Crippen LogP contribution in [-0.4, -0.2) is 40.2 Å². The van der Waals surface area contributed by atoms with Crippen molar-refractivity contribution in [3.05, 3.63) is 55.3 Å². The summed E-state index contributed by atoms with van der Waals surface area (Å²) in [6.45, 7) is 1.61. The Hall–Kier alpha value is -2.20. The van der Waals surface area contributed by atoms with Gasteiger partial charge in [0.2, 0.25) is 5.91 Å². The Morgan fingerprint density at radius 2 is 2.00 bits per heavy atom. The van der Waals surface area contributed by atoms with Gasteiger partial charge >= 0.3 is 0 Å². The van der Waals surface area contributed by atoms with E-state index in [1.807, 2.05) is 0 Å². The van der Waals surface area contributed by atoms with Crippen molar-refractivity contribution in [1.29, 1.82) is 0 Å². The summed E-state index contributed by atoms with van der Waals surface area (Å²) < 4.78 is 5.99. The summed E-state index contributed by atoms with van der Waals surface area (Å²) >= 11 is 16.0. The first-order valence-electron chi connectivity index (χ1n) is 8.85. The van der Waals surface area contributed by atoms with Crippen molar-refractivity contribution in [2.24, 2.45) is 0 Å². The number of carbonyl (C=O) groups excluding carboxylic acids is 3. The Labute approximate surface area is 200 Å². The molecule has 3 rings (SSSR count). The van der Waals surface area contributed by atoms with Gasteiger partial charge in [0.25, 0.3) is 11.1 Å². The number of thioether (sulfide) groups is 1. The van der Waals surface area contributed by atoms with E-state index in [9.17, 15) is 19.5 Å². The van der Waals surface area contributed by atoms with Crippen molar-refractivity contribution in [1.82, 2.24) is 4.90 Å². The molecule has 0 bridgehead atoms. The fraction of sp³-hybridized carbons (Fsp3) is 0.150. The van der Waals surface area contributed by atoms with Crippen molar-refractivity contribution in [2.45, 2.75) is 6.92 Å². The van der Waals surface area contributed by atoms with E-state index in [1.165, 1.54) is 18.2 Å². The van der Waals surface area contributed by atoms with Gasteiger partial charge in [0, 0.05) is 10.2 Å². The van der Waals surface area contributed by atoms with Crippen LogP contribution in [0.3, 0.4) is 0 Å². The van der Waals surface area contributed by atoms with Crippen LogP contribution in [0.25, 0.3) is 6.08 Å². The molecule has 7 nitrogen and oxygen atoms in total. The number of phenols is 1. The smallest absolute Gasteiger partial charge is 0.294 e. The lowest BCUT2D eigenvalue weighted by Crippen LogP contribution is -2.36. The number of halogens is 3. The number of carbonyl (C=O) groups is 3. The molecule has 2 aromatic rings. The number of ether oxygens (including phenoxy) is 1. The van der Waals surface area contributed by atoms with Gasteiger partial charge in [0.15, 0.2) is 11.5 Å². The molecule has 162 valence electrons. The average Bonchev–Trinajstić information content (AvgIpc) is 2.96. The molecule has 31 heavy (non-hydrogen) atoms. The van der Waals surface area contributed by atoms with Gasteiger partial charge in [0.1, 0.15) is 6.54 Å². The van der Waals surface area contributed by atoms with Gasteiger partial charge in [-0.25, -0.2) is 0 Å². The third-order valence-corrected chi connectivity index (χ3v) is 6.46. The predicted octanol–water partition coefficient (Wildman–Crippen LogP) is 5.54. The highest BCUT2D eigenvalue weighted by molar-refractivity contribution is 9.10. The topological polar surface area (TPSA) is 95.9 Å². The van der Waals surface area contributed by atoms with E-state index in [1.54, 1.807) is 25.1 Å². The van der Waals surface area contributed by atoms with E-state index in [0.717, 1.165) is 4.90 Å². The summed E-state index contributed by atoms with van der Waals surface area (Å²) in [4.78, 5) is 38.2. The normalized spacial score (nSPS) is 15.0. The minimum atomic E-state index is -0.610. The maximum atomic E-state index is 12.7. The lowest BCUT2D eigenvalue weighted by molar-refractivity contribution is -0.127. The zero-order chi connectivity index (χ0) is 22.7. The summed E-state index contributed by atoms with van der Waals surface area (Å²) in [7, 11) is 0. The number of aromatic hydroxyl groups is 1. The Kier molecular flexibility index (Phi) is 7.53. The molecule has 0 saturated carbocycles. The van der Waals surface area contributed by atoms with E-state index >= 15 is 0 Å². The van der Waals surface area contributed by atoms with Crippen molar-refractivity contribution in [3.8, 4) is 11.5 Å². The standard InChI is InChI=1S/C20H15BrCl2N2O5S/c1-2-30-15-6-10(5-14(23)18(15)27)7-16-19(28)25(20(29)31-16)9-17(26)24-11-3-4-12(21)13(22)8-11/h3-8,27H,2,9H2,1H3,(H,24,26)/b16-7-. The Morgan fingerprint density at radius 1 is 1.26 bits per heavy atom. The van der Waals surface area contributed by atoms with Crippen molar-refractivity contribution >= 4 is 79.7 Å². The Balaban J connectivity index is 1.74. The van der Waals surface area contributed by atoms with E-state index in [0.29, 0.717) is 39.1 Å². The summed E-state index contributed by atoms with van der Waals surface area (Å²) in [5.41, 5.74) is 0.897. The number of anilines is 1. The Bertz CT molecular complexity index is 1110. The van der Waals surface area contributed by atoms with Gasteiger partial charge in [-0.05, 0) is 76.6 Å². The number of phenolic OH excluding ortho intramolecular Hbond substituents is 1. The van der Waals surface area contributed by atoms with Crippen LogP contribution in [0.1, 0.15) is 12.5 Å². The second-order valence-electron chi connectivity index (χ2n) is 6.23. The summed E-state index contributed by atoms with van der Waals surface area (Å²) in [5.74, 6) is -1.21. The zero-order valence-electron chi connectivity index (χ0n) is 15.9. The summed E-state index contributed by atoms with van der Waals surface area (Å²) in [6, 6.07) is 7.79. The molecule has 1 aliphatic heterocycles. The predicted molar refractivity (Wildman–Crippen MR) is 125 cm³/mol. The second kappa shape index (κ2) is 9.95. The first-order valence-corrected chi connectivity index (χ1v) is 11.2. The molecular weight excluding hydrogens is 531 g/mol. The molecule has 2 N–H and O–H groups in total. The molecule has 0 unspecified atom stereocenters. The van der Waals surface area contributed by atoms with Crippen LogP contribution in [-0.2, 0) is 9.59 Å². The van der Waals surface area contributed by atoms with Crippen LogP contribution in [0.4, 0.5) is 10.5 Å². The van der Waals surface area contributed by atoms with E-state index in [2.05, 4.69) is 21.2 Å². The number of rotatable bonds is 6. The second-order valence-corrected chi connectivity index (χ2v) is 8.89. The number of nitrogens with one attached hydrogen (secondary N) is 1. The van der Waals surface area contributed by atoms with Crippen molar-refractivity contribution < 1.29 is 24.2 Å². The SMILES string of the molecule is CCOc1cc(/C=C2\SC(=O)N(CC(=O)Nc3ccc(Br)c(Cl)c3)C2=O)cc(Cl)c1O. The fourth-order valence-corrected chi connectivity index (χ4v) is 4.13. The van der Waals surface area contributed by atoms with Gasteiger partial charge in [-0.15, -0.1) is 0 Å². The number of nitrogens with zero attached hydrogens (tertiary/aromatic N) is 1. The number of amides is 3. The van der Waals surface area contributed by atoms with Crippen LogP contribution in [0.5, 0.6) is 11.5 Å². The van der Waals surface area contributed by atoms with Crippen LogP contribution in [0.15, 0.2) is 39.7 Å². The zero-order valence-corrected chi connectivity index (χ0v) is 19.9. The lowest BCUT2D eigenvalue weighted by atomic mass is 10.2. The molecule has 0 atom stereocenters. The van der Waals surface area contributed by atoms with Crippen LogP contribution in [0.2, 0.25) is 10.0 Å². The molecule has 1 aliphatic rings. The third kappa shape index (κ3) is 5.54. The molecule has 0 aliphatic carbocycles. The van der Waals surface area contributed by atoms with Gasteiger partial charge < -0.3 is 15.2 Å². The van der Waals surface area contributed by atoms with Gasteiger partial charge in [-0.2, -0.15) is 0 Å². The molecule has 3 amide bonds. The third-order valence-electron chi connectivity index (χ3n) is 4.03. The van der Waals surface area contributed by atoms with Crippen molar-refractivity contribution in [2.75, 3.05) is 18.5 Å². The molecule has 0 spiro atoms. The minimum Gasteiger partial charge on any atom is -0.503 e. The number of hydrogen-bond donors (Lipinski definition) is 2. The molecule has 11 heteroatoms. The monoisotopic (exact) mass is 544 g/mol. The van der Waals surface area contributed by atoms with E-state index in [-0.39, 0.29) is 21.4 Å². The molecule has 1 fully saturated rings. The molecular formula is C20H15BrCl2N2O5S. The molecule has 1 heterocycles. The molecule has 0 radical (unpaired) electrons. The average molecular weight is 546 g/mol. The molecule has 2 aromatic carbocycles. The van der Waals surface area contributed by atoms with Gasteiger partial charge in [0.05, 0.1) is 21.6 Å². The quantitative estimate of drug-likeness (QED) is 0.463. The summed E-state index contributed by atoms with van der Waals surface area (Å²) in [5, 5.41) is 12.4. The number of imide groups is 1. The van der Waals surface area contributed by atoms with Crippen LogP contribution in [0, 0.1) is 0 Å². The summed E-state index contributed by atoms with van der Waals surface area (Å²) in [6.07, 6.45) is 1.45. The maximum Gasteiger partial charge on any atom is 0.294 e. The largest absolute Gasteiger partial charge is 0.503 e. The highest BCUT2D eigenvalue weighted by Crippen LogP contribution is 2.38. The lowest BCUT2D eigenvalue weighted by Gasteiger charge is -2.13.